The van der Waals surface area contributed by atoms with Gasteiger partial charge in [0.25, 0.3) is 5.91 Å². The second kappa shape index (κ2) is 11.9. The standard InChI is InChI=1S/C22H24ClN3O5S/c1-13-9-16(10-14(2)21(13)23)31-12-20(28)25-26-22(32)24-19(27)8-6-15-5-7-17(29-3)18(11-15)30-4/h5-11H,12H2,1-4H3,(H,25,28)(H2,24,26,27,32). The van der Waals surface area contributed by atoms with Gasteiger partial charge in [-0.2, -0.15) is 0 Å². The zero-order valence-electron chi connectivity index (χ0n) is 18.1. The van der Waals surface area contributed by atoms with Gasteiger partial charge in [0.1, 0.15) is 5.75 Å². The predicted molar refractivity (Wildman–Crippen MR) is 127 cm³/mol. The molecule has 8 nitrogen and oxygen atoms in total. The van der Waals surface area contributed by atoms with Gasteiger partial charge in [-0.15, -0.1) is 0 Å². The highest BCUT2D eigenvalue weighted by molar-refractivity contribution is 7.80. The SMILES string of the molecule is COc1ccc(C=CC(=O)NC(=S)NNC(=O)COc2cc(C)c(Cl)c(C)c2)cc1OC. The number of hydrogen-bond donors (Lipinski definition) is 3. The Hall–Kier alpha value is -3.30. The quantitative estimate of drug-likeness (QED) is 0.320. The lowest BCUT2D eigenvalue weighted by molar-refractivity contribution is -0.123. The molecule has 32 heavy (non-hydrogen) atoms. The molecule has 0 aromatic heterocycles. The Bertz CT molecular complexity index is 1020. The number of rotatable bonds is 7. The highest BCUT2D eigenvalue weighted by atomic mass is 35.5. The van der Waals surface area contributed by atoms with E-state index in [0.29, 0.717) is 22.3 Å². The summed E-state index contributed by atoms with van der Waals surface area (Å²) in [4.78, 5) is 24.0. The van der Waals surface area contributed by atoms with Crippen molar-refractivity contribution in [1.82, 2.24) is 16.2 Å². The molecule has 0 heterocycles. The van der Waals surface area contributed by atoms with E-state index >= 15 is 0 Å². The molecule has 0 saturated heterocycles. The summed E-state index contributed by atoms with van der Waals surface area (Å²) in [6.07, 6.45) is 2.88. The number of benzene rings is 2. The maximum atomic E-state index is 12.0. The number of hydrazine groups is 1. The zero-order valence-corrected chi connectivity index (χ0v) is 19.6. The van der Waals surface area contributed by atoms with E-state index in [1.165, 1.54) is 13.2 Å². The number of amides is 2. The number of ether oxygens (including phenoxy) is 3. The van der Waals surface area contributed by atoms with Crippen molar-refractivity contribution in [2.75, 3.05) is 20.8 Å². The van der Waals surface area contributed by atoms with Crippen LogP contribution in [0.1, 0.15) is 16.7 Å². The van der Waals surface area contributed by atoms with Crippen LogP contribution >= 0.6 is 23.8 Å². The highest BCUT2D eigenvalue weighted by Crippen LogP contribution is 2.28. The summed E-state index contributed by atoms with van der Waals surface area (Å²) in [5, 5.41) is 3.01. The van der Waals surface area contributed by atoms with E-state index in [0.717, 1.165) is 16.7 Å². The van der Waals surface area contributed by atoms with Crippen molar-refractivity contribution in [3.05, 3.63) is 58.1 Å². The van der Waals surface area contributed by atoms with Gasteiger partial charge < -0.3 is 14.2 Å². The van der Waals surface area contributed by atoms with E-state index in [1.54, 1.807) is 43.5 Å². The topological polar surface area (TPSA) is 97.9 Å². The predicted octanol–water partition coefficient (Wildman–Crippen LogP) is 3.09. The Labute approximate surface area is 196 Å². The molecule has 0 saturated carbocycles. The molecule has 0 unspecified atom stereocenters. The maximum Gasteiger partial charge on any atom is 0.276 e. The molecule has 10 heteroatoms. The smallest absolute Gasteiger partial charge is 0.276 e. The summed E-state index contributed by atoms with van der Waals surface area (Å²) in [5.41, 5.74) is 7.23. The van der Waals surface area contributed by atoms with Gasteiger partial charge in [0, 0.05) is 11.1 Å². The molecule has 0 bridgehead atoms. The fourth-order valence-electron chi connectivity index (χ4n) is 2.61. The van der Waals surface area contributed by atoms with Crippen LogP contribution < -0.4 is 30.4 Å². The molecular weight excluding hydrogens is 454 g/mol. The third-order valence-corrected chi connectivity index (χ3v) is 4.97. The summed E-state index contributed by atoms with van der Waals surface area (Å²) in [5.74, 6) is 0.694. The first-order chi connectivity index (χ1) is 15.2. The third kappa shape index (κ3) is 7.44. The van der Waals surface area contributed by atoms with E-state index in [2.05, 4.69) is 16.2 Å². The van der Waals surface area contributed by atoms with Crippen LogP contribution in [-0.4, -0.2) is 37.8 Å². The summed E-state index contributed by atoms with van der Waals surface area (Å²) < 4.78 is 15.8. The van der Waals surface area contributed by atoms with Gasteiger partial charge in [-0.1, -0.05) is 17.7 Å². The average Bonchev–Trinajstić information content (AvgIpc) is 2.78. The molecule has 0 atom stereocenters. The molecule has 0 radical (unpaired) electrons. The number of hydrogen-bond acceptors (Lipinski definition) is 6. The Morgan fingerprint density at radius 2 is 1.69 bits per heavy atom. The number of methoxy groups -OCH3 is 2. The maximum absolute atomic E-state index is 12.0. The molecule has 0 aliphatic rings. The second-order valence-corrected chi connectivity index (χ2v) is 7.39. The minimum atomic E-state index is -0.479. The van der Waals surface area contributed by atoms with Crippen LogP contribution in [0.15, 0.2) is 36.4 Å². The molecule has 0 fully saturated rings. The van der Waals surface area contributed by atoms with Crippen LogP contribution in [0.5, 0.6) is 17.2 Å². The number of carbonyl (C=O) groups excluding carboxylic acids is 2. The van der Waals surface area contributed by atoms with Crippen molar-refractivity contribution in [2.24, 2.45) is 0 Å². The van der Waals surface area contributed by atoms with Crippen LogP contribution in [0.2, 0.25) is 5.02 Å². The first-order valence-corrected chi connectivity index (χ1v) is 10.2. The van der Waals surface area contributed by atoms with Crippen LogP contribution in [-0.2, 0) is 9.59 Å². The van der Waals surface area contributed by atoms with E-state index in [1.807, 2.05) is 13.8 Å². The van der Waals surface area contributed by atoms with Gasteiger partial charge in [-0.25, -0.2) is 0 Å². The average molecular weight is 478 g/mol. The highest BCUT2D eigenvalue weighted by Gasteiger charge is 2.08. The van der Waals surface area contributed by atoms with Crippen LogP contribution in [0.4, 0.5) is 0 Å². The normalized spacial score (nSPS) is 10.4. The summed E-state index contributed by atoms with van der Waals surface area (Å²) >= 11 is 11.1. The van der Waals surface area contributed by atoms with Crippen molar-refractivity contribution < 1.29 is 23.8 Å². The minimum Gasteiger partial charge on any atom is -0.493 e. The second-order valence-electron chi connectivity index (χ2n) is 6.60. The Morgan fingerprint density at radius 3 is 2.31 bits per heavy atom. The van der Waals surface area contributed by atoms with E-state index < -0.39 is 11.8 Å². The molecule has 2 aromatic carbocycles. The largest absolute Gasteiger partial charge is 0.493 e. The van der Waals surface area contributed by atoms with Crippen LogP contribution in [0.25, 0.3) is 6.08 Å². The van der Waals surface area contributed by atoms with Crippen molar-refractivity contribution in [3.8, 4) is 17.2 Å². The van der Waals surface area contributed by atoms with Crippen molar-refractivity contribution in [3.63, 3.8) is 0 Å². The molecule has 0 aliphatic carbocycles. The van der Waals surface area contributed by atoms with E-state index in [4.69, 9.17) is 38.0 Å². The van der Waals surface area contributed by atoms with E-state index in [9.17, 15) is 9.59 Å². The zero-order chi connectivity index (χ0) is 23.7. The van der Waals surface area contributed by atoms with Gasteiger partial charge in [0.15, 0.2) is 23.2 Å². The Morgan fingerprint density at radius 1 is 1.03 bits per heavy atom. The molecule has 3 N–H and O–H groups in total. The first-order valence-electron chi connectivity index (χ1n) is 9.43. The number of nitrogens with one attached hydrogen (secondary N) is 3. The monoisotopic (exact) mass is 477 g/mol. The van der Waals surface area contributed by atoms with Crippen LogP contribution in [0.3, 0.4) is 0 Å². The van der Waals surface area contributed by atoms with E-state index in [-0.39, 0.29) is 11.7 Å². The lowest BCUT2D eigenvalue weighted by Crippen LogP contribution is -2.49. The van der Waals surface area contributed by atoms with Crippen molar-refractivity contribution in [1.29, 1.82) is 0 Å². The molecule has 2 rings (SSSR count). The number of thiocarbonyl (C=S) groups is 1. The molecular formula is C22H24ClN3O5S. The summed E-state index contributed by atoms with van der Waals surface area (Å²) in [6.45, 7) is 3.46. The van der Waals surface area contributed by atoms with Crippen molar-refractivity contribution in [2.45, 2.75) is 13.8 Å². The Balaban J connectivity index is 1.78. The number of carbonyl (C=O) groups is 2. The fraction of sp³-hybridized carbons (Fsp3) is 0.227. The first kappa shape index (κ1) is 25.0. The molecule has 0 aliphatic heterocycles. The molecule has 2 aromatic rings. The summed E-state index contributed by atoms with van der Waals surface area (Å²) in [6, 6.07) is 8.71. The van der Waals surface area contributed by atoms with Gasteiger partial charge >= 0.3 is 0 Å². The van der Waals surface area contributed by atoms with Crippen molar-refractivity contribution >= 4 is 46.8 Å². The number of aryl methyl sites for hydroxylation is 2. The molecule has 2 amide bonds. The fourth-order valence-corrected chi connectivity index (χ4v) is 2.87. The third-order valence-electron chi connectivity index (χ3n) is 4.17. The van der Waals surface area contributed by atoms with Gasteiger partial charge in [0.2, 0.25) is 5.91 Å². The molecule has 170 valence electrons. The lowest BCUT2D eigenvalue weighted by atomic mass is 10.1. The number of halogens is 1. The molecule has 0 spiro atoms. The van der Waals surface area contributed by atoms with Gasteiger partial charge in [0.05, 0.1) is 14.2 Å². The van der Waals surface area contributed by atoms with Gasteiger partial charge in [-0.05, 0) is 73.1 Å². The Kier molecular flexibility index (Phi) is 9.30. The summed E-state index contributed by atoms with van der Waals surface area (Å²) in [7, 11) is 3.07. The lowest BCUT2D eigenvalue weighted by Gasteiger charge is -2.12. The van der Waals surface area contributed by atoms with Crippen LogP contribution in [0, 0.1) is 13.8 Å². The van der Waals surface area contributed by atoms with Gasteiger partial charge in [-0.3, -0.25) is 25.8 Å². The minimum absolute atomic E-state index is 0.0708.